The summed E-state index contributed by atoms with van der Waals surface area (Å²) in [4.78, 5) is 12.2. The zero-order valence-corrected chi connectivity index (χ0v) is 18.1. The number of aryl methyl sites for hydroxylation is 1. The smallest absolute Gasteiger partial charge is 0.191 e. The number of aromatic amines is 1. The fourth-order valence-corrected chi connectivity index (χ4v) is 3.51. The zero-order chi connectivity index (χ0) is 18.6. The van der Waals surface area contributed by atoms with E-state index in [-0.39, 0.29) is 35.8 Å². The van der Waals surface area contributed by atoms with Crippen molar-refractivity contribution in [1.29, 1.82) is 0 Å². The minimum Gasteiger partial charge on any atom is -0.361 e. The van der Waals surface area contributed by atoms with Crippen LogP contribution in [0.1, 0.15) is 24.7 Å². The number of aliphatic imine (C=N–C) groups is 1. The van der Waals surface area contributed by atoms with E-state index in [1.54, 1.807) is 18.5 Å². The number of aromatic nitrogens is 4. The van der Waals surface area contributed by atoms with E-state index in [0.717, 1.165) is 60.6 Å². The molecule has 1 aromatic carbocycles. The van der Waals surface area contributed by atoms with Gasteiger partial charge in [-0.05, 0) is 43.5 Å². The second kappa shape index (κ2) is 9.35. The van der Waals surface area contributed by atoms with Crippen LogP contribution in [0.25, 0.3) is 10.9 Å². The topological polar surface area (TPSA) is 82.9 Å². The van der Waals surface area contributed by atoms with Gasteiger partial charge < -0.3 is 15.6 Å². The molecular formula is C19H25FIN7. The highest BCUT2D eigenvalue weighted by atomic mass is 127. The predicted molar refractivity (Wildman–Crippen MR) is 119 cm³/mol. The molecule has 0 radical (unpaired) electrons. The van der Waals surface area contributed by atoms with Gasteiger partial charge in [-0.15, -0.1) is 24.0 Å². The Bertz CT molecular complexity index is 949. The van der Waals surface area contributed by atoms with E-state index < -0.39 is 0 Å². The first-order chi connectivity index (χ1) is 13.2. The second-order valence-corrected chi connectivity index (χ2v) is 6.75. The first-order valence-corrected chi connectivity index (χ1v) is 9.40. The van der Waals surface area contributed by atoms with Crippen LogP contribution in [-0.4, -0.2) is 44.8 Å². The molecule has 0 spiro atoms. The summed E-state index contributed by atoms with van der Waals surface area (Å²) < 4.78 is 15.5. The number of benzene rings is 1. The number of halogens is 2. The molecule has 1 aliphatic heterocycles. The molecule has 3 heterocycles. The number of nitrogens with one attached hydrogen (secondary N) is 3. The molecule has 2 aromatic heterocycles. The van der Waals surface area contributed by atoms with Crippen molar-refractivity contribution < 1.29 is 4.39 Å². The summed E-state index contributed by atoms with van der Waals surface area (Å²) in [5.41, 5.74) is 2.03. The van der Waals surface area contributed by atoms with Crippen molar-refractivity contribution in [2.45, 2.75) is 38.8 Å². The Kier molecular flexibility index (Phi) is 6.87. The van der Waals surface area contributed by atoms with Crippen molar-refractivity contribution in [3.8, 4) is 0 Å². The van der Waals surface area contributed by atoms with Crippen molar-refractivity contribution in [3.63, 3.8) is 0 Å². The average Bonchev–Trinajstić information content (AvgIpc) is 3.28. The lowest BCUT2D eigenvalue weighted by atomic mass is 10.1. The van der Waals surface area contributed by atoms with Crippen LogP contribution >= 0.6 is 24.0 Å². The molecule has 4 rings (SSSR count). The summed E-state index contributed by atoms with van der Waals surface area (Å²) in [7, 11) is 0. The standard InChI is InChI=1S/C19H24FN7.HI/c1-2-21-19(26-15-4-6-18-24-12-25-27(18)11-15)22-8-7-13-10-23-17-5-3-14(20)9-16(13)17;/h3,5,9-10,12,15,23H,2,4,6-8,11H2,1H3,(H2,21,22,26);1H. The van der Waals surface area contributed by atoms with Crippen LogP contribution in [0.15, 0.2) is 35.7 Å². The van der Waals surface area contributed by atoms with E-state index in [1.807, 2.05) is 10.9 Å². The van der Waals surface area contributed by atoms with Gasteiger partial charge in [0.25, 0.3) is 0 Å². The van der Waals surface area contributed by atoms with Crippen LogP contribution < -0.4 is 10.6 Å². The van der Waals surface area contributed by atoms with Crippen LogP contribution in [0.2, 0.25) is 0 Å². The molecule has 0 amide bonds. The number of fused-ring (bicyclic) bond motifs is 2. The highest BCUT2D eigenvalue weighted by Crippen LogP contribution is 2.19. The monoisotopic (exact) mass is 497 g/mol. The Hall–Kier alpha value is -2.17. The third-order valence-corrected chi connectivity index (χ3v) is 4.87. The minimum atomic E-state index is -0.216. The number of H-pyrrole nitrogens is 1. The number of hydrogen-bond acceptors (Lipinski definition) is 3. The first-order valence-electron chi connectivity index (χ1n) is 9.40. The number of hydrogen-bond donors (Lipinski definition) is 3. The van der Waals surface area contributed by atoms with Crippen LogP contribution in [0.5, 0.6) is 0 Å². The SMILES string of the molecule is CCNC(=NCCc1c[nH]c2ccc(F)cc12)NC1CCc2ncnn2C1.I. The van der Waals surface area contributed by atoms with Crippen LogP contribution in [0.4, 0.5) is 4.39 Å². The van der Waals surface area contributed by atoms with Crippen molar-refractivity contribution >= 4 is 40.8 Å². The van der Waals surface area contributed by atoms with Gasteiger partial charge in [0.1, 0.15) is 18.0 Å². The van der Waals surface area contributed by atoms with Gasteiger partial charge in [-0.25, -0.2) is 14.1 Å². The van der Waals surface area contributed by atoms with Crippen LogP contribution in [0, 0.1) is 5.82 Å². The molecule has 3 aromatic rings. The molecule has 7 nitrogen and oxygen atoms in total. The maximum absolute atomic E-state index is 13.5. The first kappa shape index (κ1) is 20.6. The van der Waals surface area contributed by atoms with E-state index in [1.165, 1.54) is 6.07 Å². The number of guanidine groups is 1. The molecule has 1 unspecified atom stereocenters. The Morgan fingerprint density at radius 2 is 2.32 bits per heavy atom. The van der Waals surface area contributed by atoms with E-state index in [0.29, 0.717) is 6.54 Å². The molecule has 28 heavy (non-hydrogen) atoms. The molecule has 1 atom stereocenters. The minimum absolute atomic E-state index is 0. The molecule has 3 N–H and O–H groups in total. The Labute approximate surface area is 180 Å². The Balaban J connectivity index is 0.00000225. The van der Waals surface area contributed by atoms with Gasteiger partial charge in [-0.1, -0.05) is 0 Å². The second-order valence-electron chi connectivity index (χ2n) is 6.75. The lowest BCUT2D eigenvalue weighted by molar-refractivity contribution is 0.393. The Morgan fingerprint density at radius 3 is 3.18 bits per heavy atom. The van der Waals surface area contributed by atoms with Crippen LogP contribution in [-0.2, 0) is 19.4 Å². The van der Waals surface area contributed by atoms with E-state index in [9.17, 15) is 4.39 Å². The van der Waals surface area contributed by atoms with Crippen molar-refractivity contribution in [3.05, 3.63) is 47.9 Å². The molecule has 150 valence electrons. The number of rotatable bonds is 5. The van der Waals surface area contributed by atoms with E-state index in [2.05, 4.69) is 32.6 Å². The van der Waals surface area contributed by atoms with Gasteiger partial charge in [0.05, 0.1) is 6.54 Å². The predicted octanol–water partition coefficient (Wildman–Crippen LogP) is 2.63. The normalized spacial score (nSPS) is 16.5. The maximum atomic E-state index is 13.5. The lowest BCUT2D eigenvalue weighted by Crippen LogP contribution is -2.47. The quantitative estimate of drug-likeness (QED) is 0.288. The average molecular weight is 497 g/mol. The summed E-state index contributed by atoms with van der Waals surface area (Å²) >= 11 is 0. The van der Waals surface area contributed by atoms with Gasteiger partial charge in [0, 0.05) is 42.7 Å². The van der Waals surface area contributed by atoms with Crippen molar-refractivity contribution in [2.75, 3.05) is 13.1 Å². The highest BCUT2D eigenvalue weighted by Gasteiger charge is 2.20. The third-order valence-electron chi connectivity index (χ3n) is 4.87. The zero-order valence-electron chi connectivity index (χ0n) is 15.8. The van der Waals surface area contributed by atoms with Gasteiger partial charge in [-0.3, -0.25) is 4.99 Å². The molecule has 0 saturated carbocycles. The molecule has 1 aliphatic rings. The van der Waals surface area contributed by atoms with Crippen molar-refractivity contribution in [1.82, 2.24) is 30.4 Å². The van der Waals surface area contributed by atoms with Gasteiger partial charge in [0.2, 0.25) is 0 Å². The van der Waals surface area contributed by atoms with E-state index >= 15 is 0 Å². The fourth-order valence-electron chi connectivity index (χ4n) is 3.51. The molecule has 0 bridgehead atoms. The fraction of sp³-hybridized carbons (Fsp3) is 0.421. The summed E-state index contributed by atoms with van der Waals surface area (Å²) in [6.07, 6.45) is 6.22. The summed E-state index contributed by atoms with van der Waals surface area (Å²) in [5, 5.41) is 12.0. The highest BCUT2D eigenvalue weighted by molar-refractivity contribution is 14.0. The van der Waals surface area contributed by atoms with Crippen LogP contribution in [0.3, 0.4) is 0 Å². The molecule has 0 fully saturated rings. The van der Waals surface area contributed by atoms with Crippen molar-refractivity contribution in [2.24, 2.45) is 4.99 Å². The third kappa shape index (κ3) is 4.62. The molecular weight excluding hydrogens is 472 g/mol. The summed E-state index contributed by atoms with van der Waals surface area (Å²) in [6.45, 7) is 4.27. The molecule has 9 heteroatoms. The maximum Gasteiger partial charge on any atom is 0.191 e. The van der Waals surface area contributed by atoms with Gasteiger partial charge in [-0.2, -0.15) is 5.10 Å². The largest absolute Gasteiger partial charge is 0.361 e. The lowest BCUT2D eigenvalue weighted by Gasteiger charge is -2.25. The summed E-state index contributed by atoms with van der Waals surface area (Å²) in [5.74, 6) is 1.63. The van der Waals surface area contributed by atoms with Gasteiger partial charge >= 0.3 is 0 Å². The number of nitrogens with zero attached hydrogens (tertiary/aromatic N) is 4. The van der Waals surface area contributed by atoms with E-state index in [4.69, 9.17) is 4.99 Å². The summed E-state index contributed by atoms with van der Waals surface area (Å²) in [6, 6.07) is 5.09. The Morgan fingerprint density at radius 1 is 1.43 bits per heavy atom. The van der Waals surface area contributed by atoms with Gasteiger partial charge in [0.15, 0.2) is 5.96 Å². The molecule has 0 saturated heterocycles. The molecule has 0 aliphatic carbocycles.